The molecule has 1 aromatic heterocycles. The molecule has 0 radical (unpaired) electrons. The Balaban J connectivity index is 1.75. The normalized spacial score (nSPS) is 11.8. The predicted molar refractivity (Wildman–Crippen MR) is 144 cm³/mol. The van der Waals surface area contributed by atoms with E-state index in [2.05, 4.69) is 34.7 Å². The summed E-state index contributed by atoms with van der Waals surface area (Å²) in [5.74, 6) is 0.253. The first kappa shape index (κ1) is 28.1. The van der Waals surface area contributed by atoms with Gasteiger partial charge in [0.1, 0.15) is 0 Å². The number of nitrogens with zero attached hydrogens (tertiary/aromatic N) is 4. The van der Waals surface area contributed by atoms with Crippen LogP contribution in [0.25, 0.3) is 0 Å². The van der Waals surface area contributed by atoms with Crippen molar-refractivity contribution in [3.05, 3.63) is 74.6 Å². The number of anilines is 1. The van der Waals surface area contributed by atoms with Gasteiger partial charge < -0.3 is 15.2 Å². The first-order chi connectivity index (χ1) is 17.6. The molecule has 37 heavy (non-hydrogen) atoms. The lowest BCUT2D eigenvalue weighted by molar-refractivity contribution is -0.384. The Morgan fingerprint density at radius 3 is 2.57 bits per heavy atom. The van der Waals surface area contributed by atoms with Crippen LogP contribution >= 0.6 is 23.4 Å². The molecule has 12 heteroatoms. The first-order valence-electron chi connectivity index (χ1n) is 11.8. The highest BCUT2D eigenvalue weighted by Crippen LogP contribution is 2.27. The fourth-order valence-corrected chi connectivity index (χ4v) is 4.75. The molecule has 0 aliphatic rings. The van der Waals surface area contributed by atoms with Gasteiger partial charge in [0.15, 0.2) is 11.0 Å². The van der Waals surface area contributed by atoms with Crippen molar-refractivity contribution in [1.82, 2.24) is 20.1 Å². The first-order valence-corrected chi connectivity index (χ1v) is 13.1. The molecule has 1 atom stereocenters. The number of nitro benzene ring substituents is 1. The molecule has 0 fully saturated rings. The van der Waals surface area contributed by atoms with Gasteiger partial charge in [0.25, 0.3) is 11.6 Å². The molecule has 0 spiro atoms. The van der Waals surface area contributed by atoms with Crippen LogP contribution in [0.3, 0.4) is 0 Å². The summed E-state index contributed by atoms with van der Waals surface area (Å²) in [6.45, 7) is 8.34. The topological polar surface area (TPSA) is 132 Å². The van der Waals surface area contributed by atoms with E-state index in [-0.39, 0.29) is 29.2 Å². The molecule has 0 saturated heterocycles. The number of aromatic nitrogens is 3. The van der Waals surface area contributed by atoms with Crippen molar-refractivity contribution in [3.8, 4) is 0 Å². The lowest BCUT2D eigenvalue weighted by atomic mass is 10.0. The second kappa shape index (κ2) is 12.7. The molecule has 2 N–H and O–H groups in total. The largest absolute Gasteiger partial charge is 0.342 e. The number of aryl methyl sites for hydroxylation is 1. The maximum atomic E-state index is 13.0. The Hall–Kier alpha value is -3.44. The summed E-state index contributed by atoms with van der Waals surface area (Å²) >= 11 is 7.41. The molecule has 196 valence electrons. The van der Waals surface area contributed by atoms with Crippen molar-refractivity contribution in [1.29, 1.82) is 0 Å². The molecule has 3 rings (SSSR count). The van der Waals surface area contributed by atoms with Crippen LogP contribution in [0.1, 0.15) is 55.0 Å². The molecular formula is C25H29ClN6O4S. The highest BCUT2D eigenvalue weighted by molar-refractivity contribution is 7.99. The Morgan fingerprint density at radius 2 is 1.92 bits per heavy atom. The van der Waals surface area contributed by atoms with Crippen LogP contribution in [0.15, 0.2) is 47.6 Å². The Bertz CT molecular complexity index is 1300. The smallest absolute Gasteiger partial charge is 0.271 e. The molecular weight excluding hydrogens is 516 g/mol. The molecule has 2 aromatic carbocycles. The second-order valence-electron chi connectivity index (χ2n) is 8.81. The van der Waals surface area contributed by atoms with E-state index < -0.39 is 11.0 Å². The van der Waals surface area contributed by atoms with Gasteiger partial charge in [0.05, 0.1) is 33.0 Å². The van der Waals surface area contributed by atoms with Crippen molar-refractivity contribution in [2.24, 2.45) is 5.92 Å². The van der Waals surface area contributed by atoms with Crippen LogP contribution in [0, 0.1) is 23.0 Å². The Kier molecular flexibility index (Phi) is 9.65. The van der Waals surface area contributed by atoms with E-state index in [1.54, 1.807) is 37.3 Å². The van der Waals surface area contributed by atoms with Crippen LogP contribution < -0.4 is 10.6 Å². The zero-order chi connectivity index (χ0) is 27.1. The molecule has 0 bridgehead atoms. The summed E-state index contributed by atoms with van der Waals surface area (Å²) in [6, 6.07) is 10.8. The average Bonchev–Trinajstić information content (AvgIpc) is 3.26. The van der Waals surface area contributed by atoms with Crippen LogP contribution in [-0.2, 0) is 11.3 Å². The standard InChI is InChI=1S/C25H29ClN6O4S/c1-5-31-23(21(12-15(2)3)28-24(34)18-8-6-7-9-19(18)26)29-30-25(31)37-14-22(33)27-20-13-17(32(35)36)11-10-16(20)4/h6-11,13,15,21H,5,12,14H2,1-4H3,(H,27,33)(H,28,34)/t21-/m0/s1. The van der Waals surface area contributed by atoms with E-state index in [9.17, 15) is 19.7 Å². The van der Waals surface area contributed by atoms with Crippen molar-refractivity contribution in [2.75, 3.05) is 11.1 Å². The maximum Gasteiger partial charge on any atom is 0.271 e. The van der Waals surface area contributed by atoms with Crippen LogP contribution in [0.5, 0.6) is 0 Å². The average molecular weight is 545 g/mol. The van der Waals surface area contributed by atoms with Gasteiger partial charge in [-0.2, -0.15) is 0 Å². The lowest BCUT2D eigenvalue weighted by Crippen LogP contribution is -2.31. The van der Waals surface area contributed by atoms with Crippen molar-refractivity contribution < 1.29 is 14.5 Å². The number of non-ortho nitro benzene ring substituents is 1. The molecule has 1 heterocycles. The van der Waals surface area contributed by atoms with Gasteiger partial charge in [-0.25, -0.2) is 0 Å². The van der Waals surface area contributed by atoms with Gasteiger partial charge in [-0.05, 0) is 43.9 Å². The second-order valence-corrected chi connectivity index (χ2v) is 10.2. The monoisotopic (exact) mass is 544 g/mol. The highest BCUT2D eigenvalue weighted by atomic mass is 35.5. The summed E-state index contributed by atoms with van der Waals surface area (Å²) < 4.78 is 1.87. The molecule has 3 aromatic rings. The summed E-state index contributed by atoms with van der Waals surface area (Å²) in [4.78, 5) is 36.1. The van der Waals surface area contributed by atoms with Crippen LogP contribution in [0.2, 0.25) is 5.02 Å². The SMILES string of the molecule is CCn1c(SCC(=O)Nc2cc([N+](=O)[O-])ccc2C)nnc1[C@H](CC(C)C)NC(=O)c1ccccc1Cl. The minimum absolute atomic E-state index is 0.0289. The fourth-order valence-electron chi connectivity index (χ4n) is 3.72. The number of amides is 2. The Labute approximate surface area is 224 Å². The molecule has 0 saturated carbocycles. The summed E-state index contributed by atoms with van der Waals surface area (Å²) in [6.07, 6.45) is 0.630. The Morgan fingerprint density at radius 1 is 1.19 bits per heavy atom. The summed E-state index contributed by atoms with van der Waals surface area (Å²) in [5, 5.41) is 26.3. The summed E-state index contributed by atoms with van der Waals surface area (Å²) in [5.41, 5.74) is 1.38. The van der Waals surface area contributed by atoms with E-state index in [0.717, 1.165) is 0 Å². The van der Waals surface area contributed by atoms with Crippen molar-refractivity contribution in [3.63, 3.8) is 0 Å². The van der Waals surface area contributed by atoms with E-state index in [4.69, 9.17) is 11.6 Å². The van der Waals surface area contributed by atoms with Gasteiger partial charge >= 0.3 is 0 Å². The number of hydrogen-bond acceptors (Lipinski definition) is 7. The molecule has 2 amide bonds. The van der Waals surface area contributed by atoms with Gasteiger partial charge in [0.2, 0.25) is 5.91 Å². The summed E-state index contributed by atoms with van der Waals surface area (Å²) in [7, 11) is 0. The highest BCUT2D eigenvalue weighted by Gasteiger charge is 2.25. The zero-order valence-electron chi connectivity index (χ0n) is 21.0. The molecule has 0 unspecified atom stereocenters. The third kappa shape index (κ3) is 7.30. The van der Waals surface area contributed by atoms with Gasteiger partial charge in [-0.15, -0.1) is 10.2 Å². The maximum absolute atomic E-state index is 13.0. The molecule has 0 aliphatic carbocycles. The number of thioether (sulfide) groups is 1. The number of carbonyl (C=O) groups is 2. The minimum atomic E-state index is -0.507. The molecule has 0 aliphatic heterocycles. The van der Waals surface area contributed by atoms with E-state index in [1.807, 2.05) is 11.5 Å². The van der Waals surface area contributed by atoms with E-state index in [0.29, 0.717) is 45.8 Å². The zero-order valence-corrected chi connectivity index (χ0v) is 22.6. The fraction of sp³-hybridized carbons (Fsp3) is 0.360. The number of carbonyl (C=O) groups excluding carboxylic acids is 2. The van der Waals surface area contributed by atoms with Gasteiger partial charge in [-0.3, -0.25) is 19.7 Å². The lowest BCUT2D eigenvalue weighted by Gasteiger charge is -2.21. The number of nitrogens with one attached hydrogen (secondary N) is 2. The third-order valence-corrected chi connectivity index (χ3v) is 6.84. The van der Waals surface area contributed by atoms with Crippen LogP contribution in [-0.4, -0.2) is 37.3 Å². The molecule has 10 nitrogen and oxygen atoms in total. The third-order valence-electron chi connectivity index (χ3n) is 5.54. The number of benzene rings is 2. The van der Waals surface area contributed by atoms with E-state index >= 15 is 0 Å². The van der Waals surface area contributed by atoms with Gasteiger partial charge in [-0.1, -0.05) is 55.4 Å². The van der Waals surface area contributed by atoms with Crippen LogP contribution in [0.4, 0.5) is 11.4 Å². The van der Waals surface area contributed by atoms with E-state index in [1.165, 1.54) is 23.9 Å². The quantitative estimate of drug-likeness (QED) is 0.187. The van der Waals surface area contributed by atoms with Gasteiger partial charge in [0, 0.05) is 18.7 Å². The van der Waals surface area contributed by atoms with Crippen molar-refractivity contribution in [2.45, 2.75) is 51.9 Å². The predicted octanol–water partition coefficient (Wildman–Crippen LogP) is 5.42. The number of hydrogen-bond donors (Lipinski definition) is 2. The minimum Gasteiger partial charge on any atom is -0.342 e. The number of rotatable bonds is 11. The van der Waals surface area contributed by atoms with Crippen molar-refractivity contribution >= 4 is 46.6 Å². The number of halogens is 1. The number of nitro groups is 1.